The van der Waals surface area contributed by atoms with Crippen molar-refractivity contribution >= 4 is 27.5 Å². The molecule has 110 valence electrons. The molecule has 0 spiro atoms. The summed E-state index contributed by atoms with van der Waals surface area (Å²) in [6.45, 7) is 0. The van der Waals surface area contributed by atoms with Gasteiger partial charge in [0.1, 0.15) is 5.75 Å². The van der Waals surface area contributed by atoms with Gasteiger partial charge in [-0.05, 0) is 46.3 Å². The van der Waals surface area contributed by atoms with Crippen molar-refractivity contribution in [2.45, 2.75) is 0 Å². The van der Waals surface area contributed by atoms with Crippen molar-refractivity contribution < 1.29 is 18.7 Å². The van der Waals surface area contributed by atoms with E-state index in [9.17, 15) is 9.18 Å². The van der Waals surface area contributed by atoms with Gasteiger partial charge in [-0.15, -0.1) is 0 Å². The average Bonchev–Trinajstić information content (AvgIpc) is 2.49. The van der Waals surface area contributed by atoms with Gasteiger partial charge in [0, 0.05) is 16.1 Å². The lowest BCUT2D eigenvalue weighted by Gasteiger charge is -2.10. The average molecular weight is 354 g/mol. The molecule has 0 aliphatic carbocycles. The zero-order chi connectivity index (χ0) is 15.4. The van der Waals surface area contributed by atoms with Crippen LogP contribution in [-0.2, 0) is 0 Å². The van der Waals surface area contributed by atoms with Crippen molar-refractivity contribution in [2.75, 3.05) is 19.5 Å². The molecule has 2 aromatic carbocycles. The monoisotopic (exact) mass is 353 g/mol. The summed E-state index contributed by atoms with van der Waals surface area (Å²) in [5.41, 5.74) is 0.852. The maximum absolute atomic E-state index is 13.3. The van der Waals surface area contributed by atoms with Crippen LogP contribution in [0.25, 0.3) is 0 Å². The zero-order valence-electron chi connectivity index (χ0n) is 11.4. The Bertz CT molecular complexity index is 676. The molecular weight excluding hydrogens is 341 g/mol. The van der Waals surface area contributed by atoms with Crippen LogP contribution in [-0.4, -0.2) is 20.1 Å². The van der Waals surface area contributed by atoms with Crippen molar-refractivity contribution in [1.82, 2.24) is 0 Å². The molecule has 6 heteroatoms. The molecule has 0 bridgehead atoms. The number of amides is 1. The summed E-state index contributed by atoms with van der Waals surface area (Å²) in [5, 5.41) is 2.73. The van der Waals surface area contributed by atoms with E-state index in [1.807, 2.05) is 0 Å². The van der Waals surface area contributed by atoms with Gasteiger partial charge in [0.2, 0.25) is 0 Å². The predicted molar refractivity (Wildman–Crippen MR) is 81.6 cm³/mol. The zero-order valence-corrected chi connectivity index (χ0v) is 13.0. The van der Waals surface area contributed by atoms with Gasteiger partial charge in [-0.25, -0.2) is 4.39 Å². The van der Waals surface area contributed by atoms with Gasteiger partial charge >= 0.3 is 0 Å². The fourth-order valence-corrected chi connectivity index (χ4v) is 2.07. The second-order valence-electron chi connectivity index (χ2n) is 4.15. The van der Waals surface area contributed by atoms with Gasteiger partial charge in [-0.3, -0.25) is 4.79 Å². The van der Waals surface area contributed by atoms with Crippen molar-refractivity contribution in [3.63, 3.8) is 0 Å². The molecule has 1 amide bonds. The first-order valence-electron chi connectivity index (χ1n) is 6.03. The predicted octanol–water partition coefficient (Wildman–Crippen LogP) is 3.86. The Morgan fingerprint density at radius 2 is 1.90 bits per heavy atom. The third kappa shape index (κ3) is 3.52. The summed E-state index contributed by atoms with van der Waals surface area (Å²) in [7, 11) is 2.89. The van der Waals surface area contributed by atoms with E-state index < -0.39 is 5.82 Å². The van der Waals surface area contributed by atoms with E-state index in [4.69, 9.17) is 9.47 Å². The molecule has 0 saturated heterocycles. The van der Waals surface area contributed by atoms with Crippen LogP contribution in [0, 0.1) is 5.82 Å². The van der Waals surface area contributed by atoms with E-state index in [1.165, 1.54) is 25.3 Å². The highest BCUT2D eigenvalue weighted by Gasteiger charge is 2.12. The summed E-state index contributed by atoms with van der Waals surface area (Å²) in [4.78, 5) is 12.2. The molecule has 0 saturated carbocycles. The van der Waals surface area contributed by atoms with Gasteiger partial charge in [0.15, 0.2) is 11.6 Å². The Hall–Kier alpha value is -2.08. The highest BCUT2D eigenvalue weighted by Crippen LogP contribution is 2.28. The normalized spacial score (nSPS) is 10.1. The number of carbonyl (C=O) groups is 1. The minimum Gasteiger partial charge on any atom is -0.497 e. The number of methoxy groups -OCH3 is 2. The Morgan fingerprint density at radius 1 is 1.14 bits per heavy atom. The number of rotatable bonds is 4. The lowest BCUT2D eigenvalue weighted by molar-refractivity contribution is 0.102. The minimum atomic E-state index is -0.517. The van der Waals surface area contributed by atoms with Gasteiger partial charge in [0.25, 0.3) is 5.91 Å². The van der Waals surface area contributed by atoms with Crippen LogP contribution in [0.2, 0.25) is 0 Å². The lowest BCUT2D eigenvalue weighted by atomic mass is 10.2. The SMILES string of the molecule is COc1ccc(Br)c(NC(=O)c2ccc(F)c(OC)c2)c1. The molecule has 0 atom stereocenters. The van der Waals surface area contributed by atoms with Crippen molar-refractivity contribution in [3.05, 3.63) is 52.3 Å². The number of benzene rings is 2. The van der Waals surface area contributed by atoms with Crippen LogP contribution >= 0.6 is 15.9 Å². The van der Waals surface area contributed by atoms with Crippen molar-refractivity contribution in [2.24, 2.45) is 0 Å². The van der Waals surface area contributed by atoms with Crippen LogP contribution in [0.5, 0.6) is 11.5 Å². The molecule has 2 aromatic rings. The number of halogens is 2. The second kappa shape index (κ2) is 6.58. The molecule has 0 aromatic heterocycles. The molecule has 0 radical (unpaired) electrons. The second-order valence-corrected chi connectivity index (χ2v) is 5.00. The van der Waals surface area contributed by atoms with Crippen LogP contribution in [0.3, 0.4) is 0 Å². The highest BCUT2D eigenvalue weighted by atomic mass is 79.9. The molecule has 0 unspecified atom stereocenters. The molecule has 0 heterocycles. The van der Waals surface area contributed by atoms with Crippen molar-refractivity contribution in [3.8, 4) is 11.5 Å². The van der Waals surface area contributed by atoms with Gasteiger partial charge in [-0.2, -0.15) is 0 Å². The quantitative estimate of drug-likeness (QED) is 0.907. The van der Waals surface area contributed by atoms with Crippen LogP contribution in [0.1, 0.15) is 10.4 Å². The van der Waals surface area contributed by atoms with E-state index in [2.05, 4.69) is 21.2 Å². The topological polar surface area (TPSA) is 47.6 Å². The molecule has 21 heavy (non-hydrogen) atoms. The van der Waals surface area contributed by atoms with E-state index >= 15 is 0 Å². The van der Waals surface area contributed by atoms with E-state index in [-0.39, 0.29) is 11.7 Å². The molecule has 1 N–H and O–H groups in total. The number of carbonyl (C=O) groups excluding carboxylic acids is 1. The largest absolute Gasteiger partial charge is 0.497 e. The summed E-state index contributed by atoms with van der Waals surface area (Å²) in [5.74, 6) is -0.253. The van der Waals surface area contributed by atoms with Gasteiger partial charge < -0.3 is 14.8 Å². The lowest BCUT2D eigenvalue weighted by Crippen LogP contribution is -2.12. The minimum absolute atomic E-state index is 0.0207. The summed E-state index contributed by atoms with van der Waals surface area (Å²) >= 11 is 3.35. The third-order valence-electron chi connectivity index (χ3n) is 2.84. The molecule has 0 aliphatic rings. The number of nitrogens with one attached hydrogen (secondary N) is 1. The van der Waals surface area contributed by atoms with E-state index in [0.717, 1.165) is 0 Å². The first kappa shape index (κ1) is 15.3. The maximum Gasteiger partial charge on any atom is 0.255 e. The molecular formula is C15H13BrFNO3. The smallest absolute Gasteiger partial charge is 0.255 e. The first-order valence-corrected chi connectivity index (χ1v) is 6.83. The molecule has 2 rings (SSSR count). The third-order valence-corrected chi connectivity index (χ3v) is 3.53. The number of ether oxygens (including phenoxy) is 2. The van der Waals surface area contributed by atoms with Crippen LogP contribution in [0.15, 0.2) is 40.9 Å². The standard InChI is InChI=1S/C15H13BrFNO3/c1-20-10-4-5-11(16)13(8-10)18-15(19)9-3-6-12(17)14(7-9)21-2/h3-8H,1-2H3,(H,18,19). The van der Waals surface area contributed by atoms with Crippen LogP contribution in [0.4, 0.5) is 10.1 Å². The van der Waals surface area contributed by atoms with Gasteiger partial charge in [-0.1, -0.05) is 0 Å². The Labute approximate surface area is 130 Å². The van der Waals surface area contributed by atoms with E-state index in [1.54, 1.807) is 25.3 Å². The number of hydrogen-bond donors (Lipinski definition) is 1. The summed E-state index contributed by atoms with van der Waals surface area (Å²) in [6.07, 6.45) is 0. The Balaban J connectivity index is 2.25. The van der Waals surface area contributed by atoms with Crippen LogP contribution < -0.4 is 14.8 Å². The molecule has 4 nitrogen and oxygen atoms in total. The fourth-order valence-electron chi connectivity index (χ4n) is 1.72. The summed E-state index contributed by atoms with van der Waals surface area (Å²) < 4.78 is 24.0. The number of hydrogen-bond acceptors (Lipinski definition) is 3. The number of anilines is 1. The van der Waals surface area contributed by atoms with E-state index in [0.29, 0.717) is 21.5 Å². The molecule has 0 fully saturated rings. The highest BCUT2D eigenvalue weighted by molar-refractivity contribution is 9.10. The summed E-state index contributed by atoms with van der Waals surface area (Å²) in [6, 6.07) is 9.14. The molecule has 0 aliphatic heterocycles. The Morgan fingerprint density at radius 3 is 2.57 bits per heavy atom. The Kier molecular flexibility index (Phi) is 4.80. The maximum atomic E-state index is 13.3. The first-order chi connectivity index (χ1) is 10.0. The fraction of sp³-hybridized carbons (Fsp3) is 0.133. The van der Waals surface area contributed by atoms with Crippen molar-refractivity contribution in [1.29, 1.82) is 0 Å². The van der Waals surface area contributed by atoms with Gasteiger partial charge in [0.05, 0.1) is 19.9 Å².